The lowest BCUT2D eigenvalue weighted by molar-refractivity contribution is 0.410. The van der Waals surface area contributed by atoms with E-state index in [4.69, 9.17) is 21.6 Å². The van der Waals surface area contributed by atoms with Gasteiger partial charge in [0.05, 0.1) is 12.7 Å². The highest BCUT2D eigenvalue weighted by molar-refractivity contribution is 6.34. The summed E-state index contributed by atoms with van der Waals surface area (Å²) in [5.74, 6) is 1.29. The van der Waals surface area contributed by atoms with Crippen LogP contribution >= 0.6 is 11.6 Å². The molecular formula is C14H12ClN3O. The van der Waals surface area contributed by atoms with E-state index in [0.29, 0.717) is 22.9 Å². The summed E-state index contributed by atoms with van der Waals surface area (Å²) in [4.78, 5) is 4.12. The third kappa shape index (κ3) is 2.95. The van der Waals surface area contributed by atoms with Gasteiger partial charge in [-0.05, 0) is 12.1 Å². The number of ether oxygens (including phenoxy) is 1. The van der Waals surface area contributed by atoms with Crippen molar-refractivity contribution in [3.8, 4) is 11.8 Å². The quantitative estimate of drug-likeness (QED) is 0.929. The molecule has 1 aromatic heterocycles. The molecule has 2 rings (SSSR count). The second kappa shape index (κ2) is 6.07. The number of hydrogen-bond acceptors (Lipinski definition) is 4. The lowest BCUT2D eigenvalue weighted by atomic mass is 10.2. The van der Waals surface area contributed by atoms with Crippen molar-refractivity contribution in [3.63, 3.8) is 0 Å². The summed E-state index contributed by atoms with van der Waals surface area (Å²) < 4.78 is 5.26. The summed E-state index contributed by atoms with van der Waals surface area (Å²) in [5.41, 5.74) is 1.39. The van der Waals surface area contributed by atoms with Crippen LogP contribution in [0.2, 0.25) is 5.02 Å². The van der Waals surface area contributed by atoms with Gasteiger partial charge in [-0.25, -0.2) is 4.98 Å². The normalized spacial score (nSPS) is 9.74. The first kappa shape index (κ1) is 13.2. The molecule has 0 aliphatic carbocycles. The molecule has 0 bridgehead atoms. The minimum Gasteiger partial charge on any atom is -0.496 e. The van der Waals surface area contributed by atoms with Crippen molar-refractivity contribution in [3.05, 3.63) is 52.7 Å². The molecule has 0 unspecified atom stereocenters. The summed E-state index contributed by atoms with van der Waals surface area (Å²) >= 11 is 6.07. The van der Waals surface area contributed by atoms with Crippen LogP contribution in [0.3, 0.4) is 0 Å². The molecule has 0 fully saturated rings. The maximum Gasteiger partial charge on any atom is 0.146 e. The van der Waals surface area contributed by atoms with E-state index in [2.05, 4.69) is 10.3 Å². The largest absolute Gasteiger partial charge is 0.496 e. The van der Waals surface area contributed by atoms with E-state index in [0.717, 1.165) is 11.3 Å². The Morgan fingerprint density at radius 2 is 2.16 bits per heavy atom. The summed E-state index contributed by atoms with van der Waals surface area (Å²) in [6, 6.07) is 11.3. The lowest BCUT2D eigenvalue weighted by Gasteiger charge is -2.11. The number of nitriles is 1. The predicted octanol–water partition coefficient (Wildman–Crippen LogP) is 3.23. The van der Waals surface area contributed by atoms with Crippen LogP contribution in [0.5, 0.6) is 5.75 Å². The molecular weight excluding hydrogens is 262 g/mol. The van der Waals surface area contributed by atoms with Gasteiger partial charge in [0.15, 0.2) is 0 Å². The van der Waals surface area contributed by atoms with Crippen LogP contribution < -0.4 is 10.1 Å². The third-order valence-corrected chi connectivity index (χ3v) is 3.03. The van der Waals surface area contributed by atoms with Crippen molar-refractivity contribution in [1.82, 2.24) is 4.98 Å². The second-order valence-corrected chi connectivity index (χ2v) is 4.18. The van der Waals surface area contributed by atoms with Gasteiger partial charge in [-0.1, -0.05) is 29.8 Å². The molecule has 0 spiro atoms. The molecule has 19 heavy (non-hydrogen) atoms. The van der Waals surface area contributed by atoms with Gasteiger partial charge in [0.25, 0.3) is 0 Å². The SMILES string of the molecule is COc1ccccc1CNc1nccc(C#N)c1Cl. The zero-order valence-electron chi connectivity index (χ0n) is 10.4. The van der Waals surface area contributed by atoms with E-state index in [9.17, 15) is 0 Å². The zero-order chi connectivity index (χ0) is 13.7. The van der Waals surface area contributed by atoms with E-state index in [-0.39, 0.29) is 0 Å². The number of anilines is 1. The number of hydrogen-bond donors (Lipinski definition) is 1. The van der Waals surface area contributed by atoms with Crippen LogP contribution in [-0.4, -0.2) is 12.1 Å². The zero-order valence-corrected chi connectivity index (χ0v) is 11.1. The van der Waals surface area contributed by atoms with Crippen molar-refractivity contribution < 1.29 is 4.74 Å². The first-order valence-electron chi connectivity index (χ1n) is 5.66. The van der Waals surface area contributed by atoms with E-state index in [1.54, 1.807) is 19.4 Å². The van der Waals surface area contributed by atoms with Crippen LogP contribution in [0.15, 0.2) is 36.5 Å². The summed E-state index contributed by atoms with van der Waals surface area (Å²) in [5, 5.41) is 12.3. The highest BCUT2D eigenvalue weighted by Gasteiger charge is 2.08. The van der Waals surface area contributed by atoms with Crippen molar-refractivity contribution in [2.45, 2.75) is 6.54 Å². The Kier molecular flexibility index (Phi) is 4.22. The van der Waals surface area contributed by atoms with Crippen LogP contribution in [0.4, 0.5) is 5.82 Å². The lowest BCUT2D eigenvalue weighted by Crippen LogP contribution is -2.04. The Balaban J connectivity index is 2.17. The smallest absolute Gasteiger partial charge is 0.146 e. The first-order valence-corrected chi connectivity index (χ1v) is 6.04. The molecule has 0 aliphatic rings. The molecule has 2 aromatic rings. The molecule has 1 heterocycles. The standard InChI is InChI=1S/C14H12ClN3O/c1-19-12-5-3-2-4-11(12)9-18-14-13(15)10(8-16)6-7-17-14/h2-7H,9H2,1H3,(H,17,18). The fourth-order valence-electron chi connectivity index (χ4n) is 1.68. The number of halogens is 1. The highest BCUT2D eigenvalue weighted by Crippen LogP contribution is 2.24. The minimum atomic E-state index is 0.333. The van der Waals surface area contributed by atoms with Crippen LogP contribution in [0.25, 0.3) is 0 Å². The van der Waals surface area contributed by atoms with Gasteiger partial charge in [0.2, 0.25) is 0 Å². The van der Waals surface area contributed by atoms with E-state index < -0.39 is 0 Å². The highest BCUT2D eigenvalue weighted by atomic mass is 35.5. The van der Waals surface area contributed by atoms with Crippen molar-refractivity contribution >= 4 is 17.4 Å². The van der Waals surface area contributed by atoms with Gasteiger partial charge in [0.1, 0.15) is 22.7 Å². The van der Waals surface area contributed by atoms with Crippen LogP contribution in [-0.2, 0) is 6.54 Å². The molecule has 5 heteroatoms. The number of pyridine rings is 1. The number of nitrogens with zero attached hydrogens (tertiary/aromatic N) is 2. The molecule has 0 saturated heterocycles. The second-order valence-electron chi connectivity index (χ2n) is 3.80. The maximum atomic E-state index is 8.90. The monoisotopic (exact) mass is 273 g/mol. The van der Waals surface area contributed by atoms with Crippen molar-refractivity contribution in [1.29, 1.82) is 5.26 Å². The fraction of sp³-hybridized carbons (Fsp3) is 0.143. The fourth-order valence-corrected chi connectivity index (χ4v) is 1.90. The molecule has 1 aromatic carbocycles. The van der Waals surface area contributed by atoms with Crippen molar-refractivity contribution in [2.75, 3.05) is 12.4 Å². The van der Waals surface area contributed by atoms with Gasteiger partial charge in [0, 0.05) is 18.3 Å². The van der Waals surface area contributed by atoms with Crippen LogP contribution in [0, 0.1) is 11.3 Å². The molecule has 1 N–H and O–H groups in total. The molecule has 4 nitrogen and oxygen atoms in total. The topological polar surface area (TPSA) is 57.9 Å². The molecule has 0 atom stereocenters. The number of para-hydroxylation sites is 1. The molecule has 0 aliphatic heterocycles. The van der Waals surface area contributed by atoms with E-state index in [1.807, 2.05) is 30.3 Å². The summed E-state index contributed by atoms with van der Waals surface area (Å²) in [6.45, 7) is 0.519. The van der Waals surface area contributed by atoms with Gasteiger partial charge in [-0.2, -0.15) is 5.26 Å². The van der Waals surface area contributed by atoms with Gasteiger partial charge in [-0.3, -0.25) is 0 Å². The predicted molar refractivity (Wildman–Crippen MR) is 74.3 cm³/mol. The molecule has 0 amide bonds. The minimum absolute atomic E-state index is 0.333. The molecule has 0 saturated carbocycles. The third-order valence-electron chi connectivity index (χ3n) is 2.65. The van der Waals surface area contributed by atoms with E-state index in [1.165, 1.54) is 0 Å². The summed E-state index contributed by atoms with van der Waals surface area (Å²) in [7, 11) is 1.63. The number of methoxy groups -OCH3 is 1. The molecule has 96 valence electrons. The summed E-state index contributed by atoms with van der Waals surface area (Å²) in [6.07, 6.45) is 1.55. The molecule has 0 radical (unpaired) electrons. The number of nitrogens with one attached hydrogen (secondary N) is 1. The number of rotatable bonds is 4. The first-order chi connectivity index (χ1) is 9.26. The Hall–Kier alpha value is -2.25. The Bertz CT molecular complexity index is 622. The maximum absolute atomic E-state index is 8.90. The Labute approximate surface area is 116 Å². The average molecular weight is 274 g/mol. The van der Waals surface area contributed by atoms with Crippen molar-refractivity contribution in [2.24, 2.45) is 0 Å². The number of benzene rings is 1. The Morgan fingerprint density at radius 3 is 2.89 bits per heavy atom. The van der Waals surface area contributed by atoms with Crippen LogP contribution in [0.1, 0.15) is 11.1 Å². The number of aromatic nitrogens is 1. The van der Waals surface area contributed by atoms with Gasteiger partial charge in [-0.15, -0.1) is 0 Å². The Morgan fingerprint density at radius 1 is 1.37 bits per heavy atom. The van der Waals surface area contributed by atoms with Gasteiger partial charge >= 0.3 is 0 Å². The van der Waals surface area contributed by atoms with Gasteiger partial charge < -0.3 is 10.1 Å². The van der Waals surface area contributed by atoms with E-state index >= 15 is 0 Å². The average Bonchev–Trinajstić information content (AvgIpc) is 2.46.